The van der Waals surface area contributed by atoms with Crippen molar-refractivity contribution in [2.24, 2.45) is 0 Å². The number of carboxylic acids is 1. The zero-order valence-electron chi connectivity index (χ0n) is 12.7. The molecule has 0 aliphatic carbocycles. The van der Waals surface area contributed by atoms with E-state index in [9.17, 15) is 9.59 Å². The SMILES string of the molecule is Cc1ccc(NC(=O)N2CCN(C(C)C(=O)O)CC2)cc1Cl. The molecule has 1 aromatic carbocycles. The Balaban J connectivity index is 1.89. The average Bonchev–Trinajstić information content (AvgIpc) is 2.50. The Morgan fingerprint density at radius 3 is 2.45 bits per heavy atom. The van der Waals surface area contributed by atoms with Gasteiger partial charge in [0, 0.05) is 36.9 Å². The van der Waals surface area contributed by atoms with Gasteiger partial charge in [-0.15, -0.1) is 0 Å². The molecule has 2 rings (SSSR count). The molecule has 0 aromatic heterocycles. The number of nitrogens with zero attached hydrogens (tertiary/aromatic N) is 2. The lowest BCUT2D eigenvalue weighted by atomic mass is 10.2. The first-order valence-corrected chi connectivity index (χ1v) is 7.55. The summed E-state index contributed by atoms with van der Waals surface area (Å²) in [5, 5.41) is 12.4. The molecule has 0 bridgehead atoms. The van der Waals surface area contributed by atoms with Crippen LogP contribution in [0.4, 0.5) is 10.5 Å². The molecule has 1 aromatic rings. The number of aliphatic carboxylic acids is 1. The second-order valence-corrected chi connectivity index (χ2v) is 5.84. The van der Waals surface area contributed by atoms with Crippen molar-refractivity contribution >= 4 is 29.3 Å². The van der Waals surface area contributed by atoms with Gasteiger partial charge in [0.05, 0.1) is 0 Å². The number of carbonyl (C=O) groups is 2. The highest BCUT2D eigenvalue weighted by atomic mass is 35.5. The van der Waals surface area contributed by atoms with Gasteiger partial charge >= 0.3 is 12.0 Å². The fourth-order valence-electron chi connectivity index (χ4n) is 2.34. The van der Waals surface area contributed by atoms with Crippen LogP contribution >= 0.6 is 11.6 Å². The van der Waals surface area contributed by atoms with Crippen LogP contribution in [-0.4, -0.2) is 59.1 Å². The Hall–Kier alpha value is -1.79. The number of hydrogen-bond donors (Lipinski definition) is 2. The molecule has 6 nitrogen and oxygen atoms in total. The number of anilines is 1. The molecule has 2 N–H and O–H groups in total. The van der Waals surface area contributed by atoms with Crippen LogP contribution in [-0.2, 0) is 4.79 Å². The number of piperazine rings is 1. The largest absolute Gasteiger partial charge is 0.480 e. The van der Waals surface area contributed by atoms with E-state index in [1.807, 2.05) is 24.0 Å². The molecule has 1 aliphatic heterocycles. The van der Waals surface area contributed by atoms with Gasteiger partial charge in [0.15, 0.2) is 0 Å². The van der Waals surface area contributed by atoms with Gasteiger partial charge in [0.2, 0.25) is 0 Å². The lowest BCUT2D eigenvalue weighted by Crippen LogP contribution is -2.53. The van der Waals surface area contributed by atoms with Crippen molar-refractivity contribution in [1.82, 2.24) is 9.80 Å². The predicted octanol–water partition coefficient (Wildman–Crippen LogP) is 2.27. The minimum absolute atomic E-state index is 0.192. The molecule has 0 radical (unpaired) electrons. The van der Waals surface area contributed by atoms with Crippen LogP contribution in [0.1, 0.15) is 12.5 Å². The van der Waals surface area contributed by atoms with Crippen LogP contribution in [0.5, 0.6) is 0 Å². The number of halogens is 1. The molecule has 1 atom stereocenters. The molecule has 1 saturated heterocycles. The smallest absolute Gasteiger partial charge is 0.321 e. The van der Waals surface area contributed by atoms with E-state index < -0.39 is 12.0 Å². The van der Waals surface area contributed by atoms with Crippen molar-refractivity contribution < 1.29 is 14.7 Å². The minimum atomic E-state index is -0.841. The molecule has 1 heterocycles. The highest BCUT2D eigenvalue weighted by molar-refractivity contribution is 6.31. The van der Waals surface area contributed by atoms with Gasteiger partial charge in [0.1, 0.15) is 6.04 Å². The summed E-state index contributed by atoms with van der Waals surface area (Å²) in [6.45, 7) is 5.67. The number of carbonyl (C=O) groups excluding carboxylic acids is 1. The van der Waals surface area contributed by atoms with E-state index in [2.05, 4.69) is 5.32 Å². The first-order chi connectivity index (χ1) is 10.4. The third-order valence-corrected chi connectivity index (χ3v) is 4.34. The van der Waals surface area contributed by atoms with Gasteiger partial charge in [-0.2, -0.15) is 0 Å². The van der Waals surface area contributed by atoms with E-state index in [1.165, 1.54) is 0 Å². The molecule has 0 spiro atoms. The number of urea groups is 1. The number of benzene rings is 1. The zero-order valence-corrected chi connectivity index (χ0v) is 13.4. The van der Waals surface area contributed by atoms with Crippen molar-refractivity contribution in [3.63, 3.8) is 0 Å². The number of amides is 2. The summed E-state index contributed by atoms with van der Waals surface area (Å²) in [6.07, 6.45) is 0. The highest BCUT2D eigenvalue weighted by Gasteiger charge is 2.27. The number of carboxylic acid groups (broad SMARTS) is 1. The van der Waals surface area contributed by atoms with Crippen LogP contribution in [0.25, 0.3) is 0 Å². The van der Waals surface area contributed by atoms with Crippen molar-refractivity contribution in [1.29, 1.82) is 0 Å². The third-order valence-electron chi connectivity index (χ3n) is 3.93. The van der Waals surface area contributed by atoms with Gasteiger partial charge in [-0.25, -0.2) is 4.79 Å². The van der Waals surface area contributed by atoms with Gasteiger partial charge in [-0.05, 0) is 31.5 Å². The van der Waals surface area contributed by atoms with Crippen molar-refractivity contribution in [2.75, 3.05) is 31.5 Å². The standard InChI is InChI=1S/C15H20ClN3O3/c1-10-3-4-12(9-13(10)16)17-15(22)19-7-5-18(6-8-19)11(2)14(20)21/h3-4,9,11H,5-8H2,1-2H3,(H,17,22)(H,20,21). The number of rotatable bonds is 3. The predicted molar refractivity (Wildman–Crippen MR) is 85.5 cm³/mol. The Kier molecular flexibility index (Phi) is 5.26. The van der Waals surface area contributed by atoms with E-state index >= 15 is 0 Å². The molecule has 120 valence electrons. The van der Waals surface area contributed by atoms with Crippen molar-refractivity contribution in [3.8, 4) is 0 Å². The maximum Gasteiger partial charge on any atom is 0.321 e. The number of nitrogens with one attached hydrogen (secondary N) is 1. The molecule has 7 heteroatoms. The van der Waals surface area contributed by atoms with Crippen molar-refractivity contribution in [2.45, 2.75) is 19.9 Å². The Morgan fingerprint density at radius 2 is 1.91 bits per heavy atom. The van der Waals surface area contributed by atoms with Crippen LogP contribution in [0, 0.1) is 6.92 Å². The van der Waals surface area contributed by atoms with Gasteiger partial charge in [-0.1, -0.05) is 17.7 Å². The fourth-order valence-corrected chi connectivity index (χ4v) is 2.52. The molecule has 1 aliphatic rings. The molecule has 0 saturated carbocycles. The molecular formula is C15H20ClN3O3. The van der Waals surface area contributed by atoms with E-state index in [0.29, 0.717) is 36.9 Å². The second kappa shape index (κ2) is 6.98. The maximum absolute atomic E-state index is 12.2. The summed E-state index contributed by atoms with van der Waals surface area (Å²) < 4.78 is 0. The fraction of sp³-hybridized carbons (Fsp3) is 0.467. The van der Waals surface area contributed by atoms with E-state index in [0.717, 1.165) is 5.56 Å². The molecule has 1 fully saturated rings. The summed E-state index contributed by atoms with van der Waals surface area (Å²) >= 11 is 6.04. The average molecular weight is 326 g/mol. The molecule has 2 amide bonds. The van der Waals surface area contributed by atoms with Crippen LogP contribution in [0.2, 0.25) is 5.02 Å². The summed E-state index contributed by atoms with van der Waals surface area (Å²) in [5.74, 6) is -0.841. The van der Waals surface area contributed by atoms with E-state index in [-0.39, 0.29) is 6.03 Å². The summed E-state index contributed by atoms with van der Waals surface area (Å²) in [6, 6.07) is 4.66. The second-order valence-electron chi connectivity index (χ2n) is 5.43. The first-order valence-electron chi connectivity index (χ1n) is 7.17. The van der Waals surface area contributed by atoms with Crippen LogP contribution in [0.3, 0.4) is 0 Å². The summed E-state index contributed by atoms with van der Waals surface area (Å²) in [4.78, 5) is 26.7. The normalized spacial score (nSPS) is 17.1. The number of aryl methyl sites for hydroxylation is 1. The Labute approximate surface area is 134 Å². The lowest BCUT2D eigenvalue weighted by molar-refractivity contribution is -0.143. The maximum atomic E-state index is 12.2. The minimum Gasteiger partial charge on any atom is -0.480 e. The Bertz CT molecular complexity index is 571. The quantitative estimate of drug-likeness (QED) is 0.894. The number of hydrogen-bond acceptors (Lipinski definition) is 3. The zero-order chi connectivity index (χ0) is 16.3. The molecule has 22 heavy (non-hydrogen) atoms. The summed E-state index contributed by atoms with van der Waals surface area (Å²) in [5.41, 5.74) is 1.61. The van der Waals surface area contributed by atoms with E-state index in [4.69, 9.17) is 16.7 Å². The molecule has 1 unspecified atom stereocenters. The lowest BCUT2D eigenvalue weighted by Gasteiger charge is -2.36. The Morgan fingerprint density at radius 1 is 1.27 bits per heavy atom. The van der Waals surface area contributed by atoms with Crippen LogP contribution < -0.4 is 5.32 Å². The monoisotopic (exact) mass is 325 g/mol. The topological polar surface area (TPSA) is 72.9 Å². The first kappa shape index (κ1) is 16.6. The van der Waals surface area contributed by atoms with Gasteiger partial charge < -0.3 is 15.3 Å². The van der Waals surface area contributed by atoms with Crippen LogP contribution in [0.15, 0.2) is 18.2 Å². The third kappa shape index (κ3) is 3.90. The highest BCUT2D eigenvalue weighted by Crippen LogP contribution is 2.20. The van der Waals surface area contributed by atoms with Crippen molar-refractivity contribution in [3.05, 3.63) is 28.8 Å². The molecular weight excluding hydrogens is 306 g/mol. The van der Waals surface area contributed by atoms with Gasteiger partial charge in [-0.3, -0.25) is 9.69 Å². The summed E-state index contributed by atoms with van der Waals surface area (Å²) in [7, 11) is 0. The van der Waals surface area contributed by atoms with Gasteiger partial charge in [0.25, 0.3) is 0 Å². The van der Waals surface area contributed by atoms with E-state index in [1.54, 1.807) is 17.9 Å².